The van der Waals surface area contributed by atoms with Crippen LogP contribution in [0.3, 0.4) is 0 Å². The van der Waals surface area contributed by atoms with Crippen molar-refractivity contribution in [3.05, 3.63) is 52.5 Å². The number of nitrogens with zero attached hydrogens (tertiary/aromatic N) is 1. The van der Waals surface area contributed by atoms with E-state index in [0.29, 0.717) is 16.0 Å². The quantitative estimate of drug-likeness (QED) is 0.388. The first-order valence-electron chi connectivity index (χ1n) is 11.1. The highest BCUT2D eigenvalue weighted by Crippen LogP contribution is 2.62. The zero-order valence-corrected chi connectivity index (χ0v) is 20.3. The molecule has 2 aromatic carbocycles. The number of ketones is 2. The molecule has 5 rings (SSSR count). The maximum atomic E-state index is 13.7. The van der Waals surface area contributed by atoms with Crippen LogP contribution in [-0.2, 0) is 16.0 Å². The number of carbonyl (C=O) groups is 2. The van der Waals surface area contributed by atoms with Gasteiger partial charge in [-0.1, -0.05) is 56.7 Å². The van der Waals surface area contributed by atoms with Crippen LogP contribution in [0.15, 0.2) is 36.4 Å². The molecule has 0 saturated heterocycles. The van der Waals surface area contributed by atoms with E-state index in [9.17, 15) is 9.59 Å². The second-order valence-electron chi connectivity index (χ2n) is 9.75. The van der Waals surface area contributed by atoms with Gasteiger partial charge in [0.2, 0.25) is 0 Å². The largest absolute Gasteiger partial charge is 0.431 e. The summed E-state index contributed by atoms with van der Waals surface area (Å²) in [7, 11) is 0. The second kappa shape index (κ2) is 7.39. The van der Waals surface area contributed by atoms with Crippen LogP contribution in [0.5, 0.6) is 10.9 Å². The summed E-state index contributed by atoms with van der Waals surface area (Å²) in [5, 5.41) is 1.16. The predicted molar refractivity (Wildman–Crippen MR) is 128 cm³/mol. The Morgan fingerprint density at radius 2 is 1.94 bits per heavy atom. The standard InChI is InChI=1S/C26H26ClNO3S/c1-5-14-6-8-16(31-24-28-19-9-7-15(27)12-20(19)32-24)13-17(14)21-22(29)18-10-11-26(4,23(21)30)25(18,2)3/h6-9,12-13,18,21H,5,10-11H2,1-4H3/t18-,21?,26+/m0/s1. The van der Waals surface area contributed by atoms with E-state index in [1.165, 1.54) is 11.3 Å². The van der Waals surface area contributed by atoms with Gasteiger partial charge in [-0.2, -0.15) is 0 Å². The van der Waals surface area contributed by atoms with Crippen molar-refractivity contribution in [2.75, 3.05) is 0 Å². The van der Waals surface area contributed by atoms with Gasteiger partial charge in [0.05, 0.1) is 10.2 Å². The number of rotatable bonds is 4. The third-order valence-corrected chi connectivity index (χ3v) is 9.14. The van der Waals surface area contributed by atoms with E-state index >= 15 is 0 Å². The molecule has 166 valence electrons. The summed E-state index contributed by atoms with van der Waals surface area (Å²) >= 11 is 7.51. The van der Waals surface area contributed by atoms with Crippen molar-refractivity contribution in [1.29, 1.82) is 0 Å². The Bertz CT molecular complexity index is 1260. The summed E-state index contributed by atoms with van der Waals surface area (Å²) in [5.41, 5.74) is 1.84. The molecule has 0 radical (unpaired) electrons. The van der Waals surface area contributed by atoms with E-state index in [2.05, 4.69) is 25.8 Å². The molecule has 3 aromatic rings. The molecule has 0 spiro atoms. The molecule has 2 aliphatic rings. The number of carbonyl (C=O) groups excluding carboxylic acids is 2. The fraction of sp³-hybridized carbons (Fsp3) is 0.423. The Morgan fingerprint density at radius 3 is 2.69 bits per heavy atom. The van der Waals surface area contributed by atoms with Crippen LogP contribution in [-0.4, -0.2) is 16.6 Å². The third kappa shape index (κ3) is 3.05. The molecule has 1 unspecified atom stereocenters. The van der Waals surface area contributed by atoms with Crippen LogP contribution in [0, 0.1) is 16.7 Å². The molecule has 2 fully saturated rings. The van der Waals surface area contributed by atoms with Gasteiger partial charge in [-0.3, -0.25) is 9.59 Å². The third-order valence-electron chi connectivity index (χ3n) is 8.01. The van der Waals surface area contributed by atoms with Gasteiger partial charge in [0.1, 0.15) is 11.7 Å². The van der Waals surface area contributed by atoms with Gasteiger partial charge in [-0.15, -0.1) is 0 Å². The number of benzene rings is 2. The van der Waals surface area contributed by atoms with Gasteiger partial charge in [-0.05, 0) is 66.1 Å². The molecule has 0 amide bonds. The first-order chi connectivity index (χ1) is 15.2. The first kappa shape index (κ1) is 21.6. The van der Waals surface area contributed by atoms with Crippen LogP contribution in [0.25, 0.3) is 10.2 Å². The molecular formula is C26H26ClNO3S. The summed E-state index contributed by atoms with van der Waals surface area (Å²) in [5.74, 6) is -0.0869. The Hall–Kier alpha value is -2.24. The van der Waals surface area contributed by atoms with Crippen LogP contribution < -0.4 is 4.74 Å². The van der Waals surface area contributed by atoms with Crippen molar-refractivity contribution in [1.82, 2.24) is 4.98 Å². The minimum atomic E-state index is -0.715. The Morgan fingerprint density at radius 1 is 1.16 bits per heavy atom. The molecule has 4 nitrogen and oxygen atoms in total. The lowest BCUT2D eigenvalue weighted by Crippen LogP contribution is -2.52. The summed E-state index contributed by atoms with van der Waals surface area (Å²) in [6.45, 7) is 8.26. The molecule has 0 N–H and O–H groups in total. The number of Topliss-reactive ketones (excluding diaryl/α,β-unsaturated/α-hetero) is 2. The average molecular weight is 468 g/mol. The molecule has 6 heteroatoms. The topological polar surface area (TPSA) is 56.3 Å². The van der Waals surface area contributed by atoms with Gasteiger partial charge in [0, 0.05) is 16.4 Å². The van der Waals surface area contributed by atoms with Crippen LogP contribution in [0.1, 0.15) is 57.6 Å². The number of thiazole rings is 1. The summed E-state index contributed by atoms with van der Waals surface area (Å²) < 4.78 is 7.03. The number of ether oxygens (including phenoxy) is 1. The van der Waals surface area contributed by atoms with Crippen molar-refractivity contribution in [2.24, 2.45) is 16.7 Å². The fourth-order valence-corrected chi connectivity index (χ4v) is 6.74. The molecule has 32 heavy (non-hydrogen) atoms. The van der Waals surface area contributed by atoms with E-state index < -0.39 is 11.3 Å². The van der Waals surface area contributed by atoms with Crippen LogP contribution >= 0.6 is 22.9 Å². The Kier molecular flexibility index (Phi) is 4.99. The maximum Gasteiger partial charge on any atom is 0.279 e. The van der Waals surface area contributed by atoms with Gasteiger partial charge < -0.3 is 4.74 Å². The van der Waals surface area contributed by atoms with Crippen LogP contribution in [0.2, 0.25) is 5.02 Å². The minimum absolute atomic E-state index is 0.0581. The molecule has 2 aliphatic carbocycles. The molecule has 1 aromatic heterocycles. The number of aryl methyl sites for hydroxylation is 1. The normalized spacial score (nSPS) is 26.7. The number of hydrogen-bond donors (Lipinski definition) is 0. The van der Waals surface area contributed by atoms with E-state index in [-0.39, 0.29) is 22.9 Å². The Balaban J connectivity index is 1.54. The minimum Gasteiger partial charge on any atom is -0.431 e. The lowest BCUT2D eigenvalue weighted by Gasteiger charge is -2.46. The highest BCUT2D eigenvalue weighted by atomic mass is 35.5. The molecule has 2 bridgehead atoms. The monoisotopic (exact) mass is 467 g/mol. The van der Waals surface area contributed by atoms with Crippen LogP contribution in [0.4, 0.5) is 0 Å². The van der Waals surface area contributed by atoms with Crippen molar-refractivity contribution in [2.45, 2.75) is 52.9 Å². The second-order valence-corrected chi connectivity index (χ2v) is 11.2. The molecule has 3 atom stereocenters. The van der Waals surface area contributed by atoms with E-state index in [0.717, 1.165) is 40.6 Å². The Labute approximate surface area is 197 Å². The zero-order chi connectivity index (χ0) is 22.8. The molecule has 0 aliphatic heterocycles. The number of fused-ring (bicyclic) bond motifs is 3. The van der Waals surface area contributed by atoms with Gasteiger partial charge >= 0.3 is 0 Å². The van der Waals surface area contributed by atoms with Crippen molar-refractivity contribution < 1.29 is 14.3 Å². The molecule has 2 saturated carbocycles. The van der Waals surface area contributed by atoms with E-state index in [4.69, 9.17) is 16.3 Å². The summed E-state index contributed by atoms with van der Waals surface area (Å²) in [6, 6.07) is 11.3. The van der Waals surface area contributed by atoms with Crippen molar-refractivity contribution >= 4 is 44.7 Å². The highest BCUT2D eigenvalue weighted by Gasteiger charge is 2.64. The SMILES string of the molecule is CCc1ccc(Oc2nc3ccc(Cl)cc3s2)cc1C1C(=O)[C@@H]2CC[C@](C)(C1=O)C2(C)C. The maximum absolute atomic E-state index is 13.7. The highest BCUT2D eigenvalue weighted by molar-refractivity contribution is 7.20. The number of hydrogen-bond acceptors (Lipinski definition) is 5. The predicted octanol–water partition coefficient (Wildman–Crippen LogP) is 6.98. The lowest BCUT2D eigenvalue weighted by atomic mass is 9.54. The number of aromatic nitrogens is 1. The van der Waals surface area contributed by atoms with E-state index in [1.54, 1.807) is 6.07 Å². The first-order valence-corrected chi connectivity index (χ1v) is 12.3. The average Bonchev–Trinajstić information content (AvgIpc) is 3.21. The fourth-order valence-electron chi connectivity index (χ4n) is 5.63. The van der Waals surface area contributed by atoms with Gasteiger partial charge in [-0.25, -0.2) is 4.98 Å². The summed E-state index contributed by atoms with van der Waals surface area (Å²) in [6.07, 6.45) is 2.31. The zero-order valence-electron chi connectivity index (χ0n) is 18.7. The van der Waals surface area contributed by atoms with Gasteiger partial charge in [0.25, 0.3) is 5.19 Å². The van der Waals surface area contributed by atoms with Gasteiger partial charge in [0.15, 0.2) is 11.6 Å². The lowest BCUT2D eigenvalue weighted by molar-refractivity contribution is -0.149. The summed E-state index contributed by atoms with van der Waals surface area (Å²) in [4.78, 5) is 31.8. The molecule has 1 heterocycles. The smallest absolute Gasteiger partial charge is 0.279 e. The number of halogens is 1. The van der Waals surface area contributed by atoms with Crippen molar-refractivity contribution in [3.8, 4) is 10.9 Å². The molecular weight excluding hydrogens is 442 g/mol. The van der Waals surface area contributed by atoms with E-state index in [1.807, 2.05) is 37.3 Å². The van der Waals surface area contributed by atoms with Crippen molar-refractivity contribution in [3.63, 3.8) is 0 Å².